The Bertz CT molecular complexity index is 936. The van der Waals surface area contributed by atoms with E-state index in [1.165, 1.54) is 6.33 Å². The highest BCUT2D eigenvalue weighted by Gasteiger charge is 2.41. The second-order valence-corrected chi connectivity index (χ2v) is 8.74. The largest absolute Gasteiger partial charge is 0.390 e. The van der Waals surface area contributed by atoms with Gasteiger partial charge in [-0.25, -0.2) is 9.97 Å². The van der Waals surface area contributed by atoms with Crippen LogP contribution in [0.3, 0.4) is 0 Å². The van der Waals surface area contributed by atoms with E-state index >= 15 is 0 Å². The maximum Gasteiger partial charge on any atom is 0.225 e. The van der Waals surface area contributed by atoms with Crippen molar-refractivity contribution in [2.75, 3.05) is 18.1 Å². The van der Waals surface area contributed by atoms with Gasteiger partial charge in [-0.05, 0) is 49.8 Å². The molecule has 3 aliphatic rings. The molecule has 5 rings (SSSR count). The summed E-state index contributed by atoms with van der Waals surface area (Å²) in [7, 11) is 0. The van der Waals surface area contributed by atoms with Crippen molar-refractivity contribution in [2.45, 2.75) is 50.2 Å². The van der Waals surface area contributed by atoms with E-state index in [9.17, 15) is 9.90 Å². The molecule has 7 heteroatoms. The number of hydrogen-bond donors (Lipinski definition) is 1. The third-order valence-corrected chi connectivity index (χ3v) is 6.48. The van der Waals surface area contributed by atoms with Gasteiger partial charge in [0.2, 0.25) is 5.91 Å². The van der Waals surface area contributed by atoms with E-state index < -0.39 is 5.60 Å². The van der Waals surface area contributed by atoms with Gasteiger partial charge < -0.3 is 10.0 Å². The Morgan fingerprint density at radius 3 is 2.63 bits per heavy atom. The smallest absolute Gasteiger partial charge is 0.225 e. The standard InChI is InChI=1S/C23H27N5O2/c29-22(17-4-5-17)27-10-7-23(30,8-11-27)13-21-6-9-26-28(21)20-3-1-2-18(12-20)19-14-24-16-25-15-19/h1-3,9,12,14-17,21,30H,4-8,10-11,13H2. The fourth-order valence-corrected chi connectivity index (χ4v) is 4.55. The normalized spacial score (nSPS) is 23.0. The molecule has 1 aromatic heterocycles. The Morgan fingerprint density at radius 1 is 1.13 bits per heavy atom. The molecule has 0 spiro atoms. The van der Waals surface area contributed by atoms with E-state index in [0.29, 0.717) is 32.4 Å². The molecule has 156 valence electrons. The molecule has 1 atom stereocenters. The van der Waals surface area contributed by atoms with Crippen LogP contribution in [0.15, 0.2) is 48.1 Å². The Hall–Kier alpha value is -2.80. The van der Waals surface area contributed by atoms with Crippen LogP contribution < -0.4 is 5.01 Å². The van der Waals surface area contributed by atoms with E-state index in [4.69, 9.17) is 0 Å². The molecule has 2 aromatic rings. The van der Waals surface area contributed by atoms with Gasteiger partial charge in [0.1, 0.15) is 6.33 Å². The van der Waals surface area contributed by atoms with Crippen LogP contribution in [0, 0.1) is 5.92 Å². The molecule has 2 aliphatic heterocycles. The lowest BCUT2D eigenvalue weighted by atomic mass is 9.84. The monoisotopic (exact) mass is 405 g/mol. The van der Waals surface area contributed by atoms with Gasteiger partial charge in [-0.15, -0.1) is 0 Å². The number of aromatic nitrogens is 2. The summed E-state index contributed by atoms with van der Waals surface area (Å²) >= 11 is 0. The van der Waals surface area contributed by atoms with Crippen molar-refractivity contribution in [2.24, 2.45) is 11.0 Å². The molecule has 1 saturated heterocycles. The number of nitrogens with zero attached hydrogens (tertiary/aromatic N) is 5. The lowest BCUT2D eigenvalue weighted by Crippen LogP contribution is -2.49. The first-order valence-electron chi connectivity index (χ1n) is 10.8. The molecule has 3 heterocycles. The van der Waals surface area contributed by atoms with Crippen LogP contribution in [0.4, 0.5) is 5.69 Å². The number of piperidine rings is 1. The molecule has 1 unspecified atom stereocenters. The zero-order chi connectivity index (χ0) is 20.6. The van der Waals surface area contributed by atoms with Crippen LogP contribution in [-0.4, -0.2) is 56.8 Å². The van der Waals surface area contributed by atoms with Crippen molar-refractivity contribution in [3.8, 4) is 11.1 Å². The second kappa shape index (κ2) is 7.80. The molecule has 0 radical (unpaired) electrons. The van der Waals surface area contributed by atoms with Crippen LogP contribution in [0.25, 0.3) is 11.1 Å². The molecule has 30 heavy (non-hydrogen) atoms. The van der Waals surface area contributed by atoms with Crippen molar-refractivity contribution < 1.29 is 9.90 Å². The molecule has 2 fully saturated rings. The first-order chi connectivity index (χ1) is 14.6. The zero-order valence-corrected chi connectivity index (χ0v) is 17.0. The fourth-order valence-electron chi connectivity index (χ4n) is 4.55. The van der Waals surface area contributed by atoms with Gasteiger partial charge in [0.25, 0.3) is 0 Å². The fraction of sp³-hybridized carbons (Fsp3) is 0.478. The van der Waals surface area contributed by atoms with Gasteiger partial charge in [0.15, 0.2) is 0 Å². The lowest BCUT2D eigenvalue weighted by Gasteiger charge is -2.40. The Balaban J connectivity index is 1.27. The van der Waals surface area contributed by atoms with Crippen molar-refractivity contribution in [3.63, 3.8) is 0 Å². The summed E-state index contributed by atoms with van der Waals surface area (Å²) in [4.78, 5) is 22.5. The SMILES string of the molecule is O=C(C1CC1)N1CCC(O)(CC2CC=NN2c2cccc(-c3cncnc3)c2)CC1. The third kappa shape index (κ3) is 3.94. The van der Waals surface area contributed by atoms with Gasteiger partial charge in [-0.2, -0.15) is 5.10 Å². The summed E-state index contributed by atoms with van der Waals surface area (Å²) in [6.45, 7) is 1.31. The minimum Gasteiger partial charge on any atom is -0.390 e. The maximum atomic E-state index is 12.3. The first-order valence-corrected chi connectivity index (χ1v) is 10.8. The molecule has 1 aromatic carbocycles. The predicted molar refractivity (Wildman–Crippen MR) is 115 cm³/mol. The molecule has 1 amide bonds. The molecule has 1 aliphatic carbocycles. The minimum atomic E-state index is -0.748. The summed E-state index contributed by atoms with van der Waals surface area (Å²) in [5.74, 6) is 0.529. The quantitative estimate of drug-likeness (QED) is 0.827. The van der Waals surface area contributed by atoms with E-state index in [1.54, 1.807) is 12.4 Å². The summed E-state index contributed by atoms with van der Waals surface area (Å²) in [6, 6.07) is 8.30. The predicted octanol–water partition coefficient (Wildman–Crippen LogP) is 2.86. The second-order valence-electron chi connectivity index (χ2n) is 8.74. The van der Waals surface area contributed by atoms with Gasteiger partial charge >= 0.3 is 0 Å². The van der Waals surface area contributed by atoms with Crippen LogP contribution in [-0.2, 0) is 4.79 Å². The number of amides is 1. The van der Waals surface area contributed by atoms with Crippen LogP contribution in [0.5, 0.6) is 0 Å². The summed E-state index contributed by atoms with van der Waals surface area (Å²) < 4.78 is 0. The molecule has 0 bridgehead atoms. The van der Waals surface area contributed by atoms with Crippen molar-refractivity contribution in [3.05, 3.63) is 43.0 Å². The van der Waals surface area contributed by atoms with E-state index in [0.717, 1.165) is 36.1 Å². The Kier molecular flexibility index (Phi) is 4.98. The van der Waals surface area contributed by atoms with E-state index in [2.05, 4.69) is 21.1 Å². The average molecular weight is 406 g/mol. The highest BCUT2D eigenvalue weighted by Crippen LogP contribution is 2.36. The minimum absolute atomic E-state index is 0.114. The van der Waals surface area contributed by atoms with Gasteiger partial charge in [0, 0.05) is 49.6 Å². The molecule has 1 saturated carbocycles. The number of hydrogen-bond acceptors (Lipinski definition) is 6. The van der Waals surface area contributed by atoms with Crippen LogP contribution >= 0.6 is 0 Å². The Morgan fingerprint density at radius 2 is 1.90 bits per heavy atom. The van der Waals surface area contributed by atoms with Gasteiger partial charge in [-0.1, -0.05) is 12.1 Å². The first kappa shape index (κ1) is 19.2. The summed E-state index contributed by atoms with van der Waals surface area (Å²) in [5.41, 5.74) is 2.26. The number of aliphatic hydroxyl groups is 1. The third-order valence-electron chi connectivity index (χ3n) is 6.48. The zero-order valence-electron chi connectivity index (χ0n) is 17.0. The van der Waals surface area contributed by atoms with Crippen molar-refractivity contribution >= 4 is 17.8 Å². The number of benzene rings is 1. The maximum absolute atomic E-state index is 12.3. The number of rotatable bonds is 5. The topological polar surface area (TPSA) is 81.9 Å². The molecule has 7 nitrogen and oxygen atoms in total. The van der Waals surface area contributed by atoms with Crippen LogP contribution in [0.1, 0.15) is 38.5 Å². The summed E-state index contributed by atoms with van der Waals surface area (Å²) in [6.07, 6.45) is 11.9. The van der Waals surface area contributed by atoms with E-state index in [1.807, 2.05) is 34.3 Å². The van der Waals surface area contributed by atoms with Gasteiger partial charge in [-0.3, -0.25) is 9.80 Å². The summed E-state index contributed by atoms with van der Waals surface area (Å²) in [5, 5.41) is 17.9. The molecule has 1 N–H and O–H groups in total. The number of carbonyl (C=O) groups excluding carboxylic acids is 1. The highest BCUT2D eigenvalue weighted by atomic mass is 16.3. The lowest BCUT2D eigenvalue weighted by molar-refractivity contribution is -0.137. The number of likely N-dealkylation sites (tertiary alicyclic amines) is 1. The van der Waals surface area contributed by atoms with Crippen LogP contribution in [0.2, 0.25) is 0 Å². The number of hydrazone groups is 1. The van der Waals surface area contributed by atoms with Gasteiger partial charge in [0.05, 0.1) is 17.3 Å². The molecular weight excluding hydrogens is 378 g/mol. The number of carbonyl (C=O) groups is 1. The molecular formula is C23H27N5O2. The Labute approximate surface area is 176 Å². The average Bonchev–Trinajstić information content (AvgIpc) is 3.54. The van der Waals surface area contributed by atoms with Crippen molar-refractivity contribution in [1.29, 1.82) is 0 Å². The van der Waals surface area contributed by atoms with E-state index in [-0.39, 0.29) is 17.9 Å². The highest BCUT2D eigenvalue weighted by molar-refractivity contribution is 5.81. The number of anilines is 1. The van der Waals surface area contributed by atoms with Crippen molar-refractivity contribution in [1.82, 2.24) is 14.9 Å².